The van der Waals surface area contributed by atoms with Crippen molar-refractivity contribution in [3.8, 4) is 23.0 Å². The quantitative estimate of drug-likeness (QED) is 0.617. The van der Waals surface area contributed by atoms with E-state index in [1.54, 1.807) is 37.3 Å². The number of hydrogen-bond acceptors (Lipinski definition) is 5. The summed E-state index contributed by atoms with van der Waals surface area (Å²) in [5, 5.41) is 20.0. The molecule has 0 radical (unpaired) electrons. The van der Waals surface area contributed by atoms with Crippen molar-refractivity contribution in [1.29, 1.82) is 0 Å². The molecule has 2 aromatic carbocycles. The lowest BCUT2D eigenvalue weighted by Crippen LogP contribution is -2.03. The van der Waals surface area contributed by atoms with Crippen LogP contribution in [0.2, 0.25) is 0 Å². The third-order valence-electron chi connectivity index (χ3n) is 3.85. The molecule has 0 aliphatic heterocycles. The Balaban J connectivity index is 2.81. The maximum Gasteiger partial charge on any atom is 0.336 e. The van der Waals surface area contributed by atoms with E-state index in [9.17, 15) is 15.0 Å². The molecule has 2 rings (SSSR count). The van der Waals surface area contributed by atoms with Crippen LogP contribution in [0.15, 0.2) is 30.3 Å². The summed E-state index contributed by atoms with van der Waals surface area (Å²) in [4.78, 5) is 11.8. The molecule has 0 fully saturated rings. The van der Waals surface area contributed by atoms with Crippen molar-refractivity contribution < 1.29 is 29.2 Å². The molecule has 2 aromatic rings. The van der Waals surface area contributed by atoms with E-state index in [1.807, 2.05) is 0 Å². The minimum atomic E-state index is -1.10. The Morgan fingerprint density at radius 2 is 1.52 bits per heavy atom. The van der Waals surface area contributed by atoms with Gasteiger partial charge in [-0.1, -0.05) is 30.3 Å². The van der Waals surface area contributed by atoms with Crippen LogP contribution in [0.3, 0.4) is 0 Å². The van der Waals surface area contributed by atoms with E-state index in [4.69, 9.17) is 14.2 Å². The summed E-state index contributed by atoms with van der Waals surface area (Å²) in [7, 11) is 4.25. The third-order valence-corrected chi connectivity index (χ3v) is 3.85. The van der Waals surface area contributed by atoms with Gasteiger partial charge in [0.2, 0.25) is 11.5 Å². The van der Waals surface area contributed by atoms with Crippen molar-refractivity contribution in [2.45, 2.75) is 6.92 Å². The normalized spacial score (nSPS) is 11.1. The smallest absolute Gasteiger partial charge is 0.336 e. The van der Waals surface area contributed by atoms with E-state index in [0.717, 1.165) is 0 Å². The number of benzene rings is 2. The Bertz CT molecular complexity index is 809. The van der Waals surface area contributed by atoms with Gasteiger partial charge in [0.25, 0.3) is 0 Å². The van der Waals surface area contributed by atoms with Gasteiger partial charge in [0.1, 0.15) is 0 Å². The average Bonchev–Trinajstić information content (AvgIpc) is 2.62. The number of phenolic OH excluding ortho intramolecular Hbond substituents is 1. The van der Waals surface area contributed by atoms with E-state index >= 15 is 0 Å². The van der Waals surface area contributed by atoms with Gasteiger partial charge in [-0.25, -0.2) is 4.79 Å². The fourth-order valence-electron chi connectivity index (χ4n) is 2.58. The van der Waals surface area contributed by atoms with Crippen LogP contribution in [0.1, 0.15) is 16.7 Å². The molecule has 0 saturated carbocycles. The molecule has 132 valence electrons. The van der Waals surface area contributed by atoms with Gasteiger partial charge in [-0.05, 0) is 18.6 Å². The monoisotopic (exact) mass is 344 g/mol. The number of aliphatic carboxylic acids is 1. The summed E-state index contributed by atoms with van der Waals surface area (Å²) in [5.74, 6) is -0.627. The number of carboxylic acids is 1. The Morgan fingerprint density at radius 3 is 2.00 bits per heavy atom. The van der Waals surface area contributed by atoms with Gasteiger partial charge >= 0.3 is 5.97 Å². The minimum absolute atomic E-state index is 0.0635. The molecule has 0 bridgehead atoms. The molecule has 0 heterocycles. The number of carboxylic acid groups (broad SMARTS) is 1. The van der Waals surface area contributed by atoms with Crippen molar-refractivity contribution in [1.82, 2.24) is 0 Å². The summed E-state index contributed by atoms with van der Waals surface area (Å²) in [6, 6.07) is 8.70. The lowest BCUT2D eigenvalue weighted by molar-refractivity contribution is -0.130. The first-order valence-corrected chi connectivity index (χ1v) is 7.48. The second-order valence-corrected chi connectivity index (χ2v) is 5.22. The number of methoxy groups -OCH3 is 3. The van der Waals surface area contributed by atoms with E-state index < -0.39 is 5.97 Å². The Labute approximate surface area is 145 Å². The molecule has 0 aliphatic carbocycles. The highest BCUT2D eigenvalue weighted by Crippen LogP contribution is 2.49. The van der Waals surface area contributed by atoms with Gasteiger partial charge in [-0.3, -0.25) is 0 Å². The van der Waals surface area contributed by atoms with Crippen LogP contribution in [-0.4, -0.2) is 37.5 Å². The van der Waals surface area contributed by atoms with Gasteiger partial charge in [-0.2, -0.15) is 0 Å². The zero-order chi connectivity index (χ0) is 18.6. The average molecular weight is 344 g/mol. The summed E-state index contributed by atoms with van der Waals surface area (Å²) in [5.41, 5.74) is 1.42. The van der Waals surface area contributed by atoms with Gasteiger partial charge in [0.15, 0.2) is 11.5 Å². The molecular formula is C19H20O6. The molecule has 6 nitrogen and oxygen atoms in total. The fraction of sp³-hybridized carbons (Fsp3) is 0.211. The fourth-order valence-corrected chi connectivity index (χ4v) is 2.58. The summed E-state index contributed by atoms with van der Waals surface area (Å²) >= 11 is 0. The predicted molar refractivity (Wildman–Crippen MR) is 94.4 cm³/mol. The van der Waals surface area contributed by atoms with Crippen LogP contribution in [-0.2, 0) is 4.79 Å². The largest absolute Gasteiger partial charge is 0.504 e. The lowest BCUT2D eigenvalue weighted by Gasteiger charge is -2.18. The molecule has 2 N–H and O–H groups in total. The third kappa shape index (κ3) is 3.38. The van der Waals surface area contributed by atoms with E-state index in [0.29, 0.717) is 16.7 Å². The van der Waals surface area contributed by atoms with Crippen molar-refractivity contribution in [2.75, 3.05) is 21.3 Å². The Morgan fingerprint density at radius 1 is 0.960 bits per heavy atom. The molecule has 0 unspecified atom stereocenters. The van der Waals surface area contributed by atoms with Crippen LogP contribution in [0, 0.1) is 6.92 Å². The van der Waals surface area contributed by atoms with Gasteiger partial charge < -0.3 is 24.4 Å². The maximum atomic E-state index is 11.8. The molecule has 6 heteroatoms. The molecule has 0 amide bonds. The van der Waals surface area contributed by atoms with Gasteiger partial charge in [-0.15, -0.1) is 0 Å². The Hall–Kier alpha value is -3.15. The highest BCUT2D eigenvalue weighted by molar-refractivity contribution is 6.21. The maximum absolute atomic E-state index is 11.8. The van der Waals surface area contributed by atoms with Crippen LogP contribution in [0.5, 0.6) is 23.0 Å². The standard InChI is InChI=1S/C19H20O6/c1-11-13(10-14(19(21)22)12-8-6-5-7-9-12)16(23-2)18(25-4)17(24-3)15(11)20/h5-10,20H,1-4H3,(H,21,22)/b14-10-. The van der Waals surface area contributed by atoms with Gasteiger partial charge in [0.05, 0.1) is 26.9 Å². The zero-order valence-electron chi connectivity index (χ0n) is 14.5. The van der Waals surface area contributed by atoms with Crippen molar-refractivity contribution in [3.63, 3.8) is 0 Å². The van der Waals surface area contributed by atoms with Crippen LogP contribution in [0.4, 0.5) is 0 Å². The van der Waals surface area contributed by atoms with Crippen molar-refractivity contribution in [3.05, 3.63) is 47.0 Å². The summed E-state index contributed by atoms with van der Waals surface area (Å²) in [6.45, 7) is 1.65. The predicted octanol–water partition coefficient (Wildman–Crippen LogP) is 3.35. The second-order valence-electron chi connectivity index (χ2n) is 5.22. The molecule has 0 aliphatic rings. The van der Waals surface area contributed by atoms with E-state index in [2.05, 4.69) is 0 Å². The number of hydrogen-bond donors (Lipinski definition) is 2. The topological polar surface area (TPSA) is 85.2 Å². The first-order valence-electron chi connectivity index (χ1n) is 7.48. The number of carbonyl (C=O) groups is 1. The van der Waals surface area contributed by atoms with Crippen LogP contribution >= 0.6 is 0 Å². The van der Waals surface area contributed by atoms with Crippen molar-refractivity contribution in [2.24, 2.45) is 0 Å². The summed E-state index contributed by atoms with van der Waals surface area (Å²) < 4.78 is 15.9. The highest BCUT2D eigenvalue weighted by Gasteiger charge is 2.24. The van der Waals surface area contributed by atoms with Crippen LogP contribution in [0.25, 0.3) is 11.6 Å². The zero-order valence-corrected chi connectivity index (χ0v) is 14.5. The number of aromatic hydroxyl groups is 1. The molecule has 25 heavy (non-hydrogen) atoms. The molecule has 0 saturated heterocycles. The summed E-state index contributed by atoms with van der Waals surface area (Å²) in [6.07, 6.45) is 1.45. The van der Waals surface area contributed by atoms with Crippen LogP contribution < -0.4 is 14.2 Å². The first-order chi connectivity index (χ1) is 12.0. The first kappa shape index (κ1) is 18.2. The molecule has 0 spiro atoms. The highest BCUT2D eigenvalue weighted by atomic mass is 16.5. The Kier molecular flexibility index (Phi) is 5.54. The number of ether oxygens (including phenoxy) is 3. The molecule has 0 atom stereocenters. The lowest BCUT2D eigenvalue weighted by atomic mass is 9.98. The minimum Gasteiger partial charge on any atom is -0.504 e. The molecular weight excluding hydrogens is 324 g/mol. The van der Waals surface area contributed by atoms with E-state index in [-0.39, 0.29) is 28.6 Å². The second kappa shape index (κ2) is 7.61. The number of phenols is 1. The molecule has 0 aromatic heterocycles. The number of rotatable bonds is 6. The van der Waals surface area contributed by atoms with Gasteiger partial charge in [0, 0.05) is 11.1 Å². The van der Waals surface area contributed by atoms with Crippen molar-refractivity contribution >= 4 is 17.6 Å². The van der Waals surface area contributed by atoms with E-state index in [1.165, 1.54) is 27.4 Å². The SMILES string of the molecule is COc1c(O)c(C)c(/C=C(\C(=O)O)c2ccccc2)c(OC)c1OC.